The minimum absolute atomic E-state index is 0. The van der Waals surface area contributed by atoms with E-state index in [1.54, 1.807) is 20.8 Å². The van der Waals surface area contributed by atoms with E-state index in [0.717, 1.165) is 7.11 Å². The summed E-state index contributed by atoms with van der Waals surface area (Å²) in [4.78, 5) is 34.8. The maximum atomic E-state index is 12.1. The number of nitrogens with one attached hydrogen (secondary N) is 1. The SMILES string of the molecule is COC(=O)[C@H](CCS(=O)(=O)N1CCOC1=O)NC(=O)OC(C)(C)C.S. The maximum Gasteiger partial charge on any atom is 0.423 e. The Morgan fingerprint density at radius 2 is 1.96 bits per heavy atom. The van der Waals surface area contributed by atoms with Crippen LogP contribution in [0.1, 0.15) is 27.2 Å². The number of carbonyl (C=O) groups is 3. The van der Waals surface area contributed by atoms with E-state index in [1.807, 2.05) is 0 Å². The van der Waals surface area contributed by atoms with Gasteiger partial charge in [0.05, 0.1) is 19.4 Å². The molecule has 1 atom stereocenters. The molecule has 0 radical (unpaired) electrons. The van der Waals surface area contributed by atoms with Crippen molar-refractivity contribution in [2.45, 2.75) is 38.8 Å². The highest BCUT2D eigenvalue weighted by atomic mass is 32.2. The number of rotatable bonds is 6. The van der Waals surface area contributed by atoms with Crippen LogP contribution in [0, 0.1) is 0 Å². The van der Waals surface area contributed by atoms with Crippen LogP contribution < -0.4 is 5.32 Å². The van der Waals surface area contributed by atoms with Crippen molar-refractivity contribution in [3.63, 3.8) is 0 Å². The maximum absolute atomic E-state index is 12.1. The van der Waals surface area contributed by atoms with Crippen LogP contribution in [-0.4, -0.2) is 68.5 Å². The smallest absolute Gasteiger partial charge is 0.423 e. The highest BCUT2D eigenvalue weighted by Crippen LogP contribution is 2.13. The van der Waals surface area contributed by atoms with Crippen molar-refractivity contribution in [3.8, 4) is 0 Å². The Morgan fingerprint density at radius 1 is 1.36 bits per heavy atom. The second-order valence-electron chi connectivity index (χ2n) is 6.01. The van der Waals surface area contributed by atoms with Crippen molar-refractivity contribution in [1.82, 2.24) is 9.62 Å². The molecule has 1 aliphatic rings. The lowest BCUT2D eigenvalue weighted by Crippen LogP contribution is -2.45. The molecule has 0 bridgehead atoms. The normalized spacial score (nSPS) is 15.7. The predicted octanol–water partition coefficient (Wildman–Crippen LogP) is 0.338. The van der Waals surface area contributed by atoms with Crippen molar-refractivity contribution >= 4 is 41.7 Å². The van der Waals surface area contributed by atoms with E-state index in [2.05, 4.69) is 14.8 Å². The molecule has 2 amide bonds. The van der Waals surface area contributed by atoms with Crippen molar-refractivity contribution < 1.29 is 37.0 Å². The number of hydrogen-bond acceptors (Lipinski definition) is 8. The number of nitrogens with zero attached hydrogens (tertiary/aromatic N) is 1. The summed E-state index contributed by atoms with van der Waals surface area (Å²) < 4.78 is 38.9. The van der Waals surface area contributed by atoms with Crippen LogP contribution in [-0.2, 0) is 29.0 Å². The molecule has 0 aromatic rings. The molecular weight excluding hydrogens is 376 g/mol. The van der Waals surface area contributed by atoms with Gasteiger partial charge in [0.15, 0.2) is 0 Å². The molecule has 0 saturated carbocycles. The zero-order valence-electron chi connectivity index (χ0n) is 14.5. The number of amides is 2. The van der Waals surface area contributed by atoms with Gasteiger partial charge in [-0.15, -0.1) is 0 Å². The first-order valence-electron chi connectivity index (χ1n) is 7.21. The van der Waals surface area contributed by atoms with Gasteiger partial charge in [0, 0.05) is 0 Å². The van der Waals surface area contributed by atoms with Gasteiger partial charge in [0.2, 0.25) is 10.0 Å². The summed E-state index contributed by atoms with van der Waals surface area (Å²) in [6, 6.07) is -1.22. The molecule has 0 aromatic carbocycles. The van der Waals surface area contributed by atoms with Gasteiger partial charge in [-0.2, -0.15) is 13.5 Å². The van der Waals surface area contributed by atoms with E-state index in [9.17, 15) is 22.8 Å². The lowest BCUT2D eigenvalue weighted by molar-refractivity contribution is -0.143. The van der Waals surface area contributed by atoms with Gasteiger partial charge >= 0.3 is 18.2 Å². The molecule has 0 spiro atoms. The standard InChI is InChI=1S/C13H22N2O8S.H2S/c1-13(2,3)23-11(17)14-9(10(16)21-4)5-8-24(19,20)15-6-7-22-12(15)18;/h9H,5-8H2,1-4H3,(H,14,17);1H2/t9-;/m0./s1. The number of sulfonamides is 1. The number of methoxy groups -OCH3 is 1. The van der Waals surface area contributed by atoms with E-state index in [-0.39, 0.29) is 33.1 Å². The van der Waals surface area contributed by atoms with E-state index in [0.29, 0.717) is 4.31 Å². The Bertz CT molecular complexity index is 600. The number of ether oxygens (including phenoxy) is 3. The molecular formula is C13H24N2O8S2. The summed E-state index contributed by atoms with van der Waals surface area (Å²) >= 11 is 0. The summed E-state index contributed by atoms with van der Waals surface area (Å²) in [7, 11) is -2.85. The van der Waals surface area contributed by atoms with Gasteiger partial charge in [0.25, 0.3) is 0 Å². The fourth-order valence-electron chi connectivity index (χ4n) is 1.85. The van der Waals surface area contributed by atoms with E-state index >= 15 is 0 Å². The van der Waals surface area contributed by atoms with Crippen LogP contribution in [0.5, 0.6) is 0 Å². The molecule has 1 saturated heterocycles. The number of hydrogen-bond donors (Lipinski definition) is 1. The van der Waals surface area contributed by atoms with Gasteiger partial charge < -0.3 is 19.5 Å². The molecule has 12 heteroatoms. The summed E-state index contributed by atoms with van der Waals surface area (Å²) in [6.07, 6.45) is -2.11. The number of esters is 1. The lowest BCUT2D eigenvalue weighted by Gasteiger charge is -2.23. The van der Waals surface area contributed by atoms with Crippen LogP contribution >= 0.6 is 13.5 Å². The molecule has 0 aliphatic carbocycles. The van der Waals surface area contributed by atoms with Crippen LogP contribution in [0.15, 0.2) is 0 Å². The molecule has 146 valence electrons. The summed E-state index contributed by atoms with van der Waals surface area (Å²) in [5, 5.41) is 2.26. The minimum Gasteiger partial charge on any atom is -0.467 e. The average Bonchev–Trinajstić information content (AvgIpc) is 2.87. The van der Waals surface area contributed by atoms with E-state index in [1.165, 1.54) is 0 Å². The Labute approximate surface area is 153 Å². The topological polar surface area (TPSA) is 128 Å². The van der Waals surface area contributed by atoms with Crippen molar-refractivity contribution in [3.05, 3.63) is 0 Å². The number of cyclic esters (lactones) is 1. The highest BCUT2D eigenvalue weighted by molar-refractivity contribution is 7.89. The largest absolute Gasteiger partial charge is 0.467 e. The Morgan fingerprint density at radius 3 is 2.40 bits per heavy atom. The molecule has 1 rings (SSSR count). The summed E-state index contributed by atoms with van der Waals surface area (Å²) in [5.41, 5.74) is -0.782. The lowest BCUT2D eigenvalue weighted by atomic mass is 10.2. The highest BCUT2D eigenvalue weighted by Gasteiger charge is 2.35. The minimum atomic E-state index is -3.96. The molecule has 0 aromatic heterocycles. The molecule has 25 heavy (non-hydrogen) atoms. The second-order valence-corrected chi connectivity index (χ2v) is 8.03. The zero-order valence-corrected chi connectivity index (χ0v) is 16.3. The summed E-state index contributed by atoms with van der Waals surface area (Å²) in [5.74, 6) is -1.36. The van der Waals surface area contributed by atoms with Gasteiger partial charge in [-0.25, -0.2) is 27.1 Å². The third kappa shape index (κ3) is 7.38. The Balaban J connectivity index is 0.00000576. The van der Waals surface area contributed by atoms with Gasteiger partial charge in [-0.05, 0) is 27.2 Å². The number of carbonyl (C=O) groups excluding carboxylic acids is 3. The molecule has 0 unspecified atom stereocenters. The fourth-order valence-corrected chi connectivity index (χ4v) is 3.24. The molecule has 1 aliphatic heterocycles. The quantitative estimate of drug-likeness (QED) is 0.499. The van der Waals surface area contributed by atoms with Crippen molar-refractivity contribution in [2.75, 3.05) is 26.0 Å². The van der Waals surface area contributed by atoms with Crippen molar-refractivity contribution in [1.29, 1.82) is 0 Å². The monoisotopic (exact) mass is 400 g/mol. The third-order valence-corrected chi connectivity index (χ3v) is 4.66. The van der Waals surface area contributed by atoms with Gasteiger partial charge in [0.1, 0.15) is 18.2 Å². The van der Waals surface area contributed by atoms with Crippen molar-refractivity contribution in [2.24, 2.45) is 0 Å². The third-order valence-electron chi connectivity index (χ3n) is 2.90. The Hall–Kier alpha value is -1.69. The average molecular weight is 400 g/mol. The second kappa shape index (κ2) is 9.13. The van der Waals surface area contributed by atoms with Crippen LogP contribution in [0.3, 0.4) is 0 Å². The first-order valence-corrected chi connectivity index (χ1v) is 8.81. The van der Waals surface area contributed by atoms with Crippen LogP contribution in [0.25, 0.3) is 0 Å². The zero-order chi connectivity index (χ0) is 18.5. The van der Waals surface area contributed by atoms with E-state index < -0.39 is 45.6 Å². The molecule has 10 nitrogen and oxygen atoms in total. The van der Waals surface area contributed by atoms with E-state index in [4.69, 9.17) is 4.74 Å². The van der Waals surface area contributed by atoms with Crippen LogP contribution in [0.2, 0.25) is 0 Å². The Kier molecular flexibility index (Phi) is 8.51. The predicted molar refractivity (Wildman–Crippen MR) is 92.0 cm³/mol. The molecule has 1 fully saturated rings. The molecule has 1 N–H and O–H groups in total. The number of alkyl carbamates (subject to hydrolysis) is 1. The first kappa shape index (κ1) is 23.3. The summed E-state index contributed by atoms with van der Waals surface area (Å²) in [6.45, 7) is 4.83. The van der Waals surface area contributed by atoms with Crippen LogP contribution in [0.4, 0.5) is 9.59 Å². The van der Waals surface area contributed by atoms with Gasteiger partial charge in [-0.3, -0.25) is 0 Å². The van der Waals surface area contributed by atoms with Gasteiger partial charge in [-0.1, -0.05) is 0 Å². The molecule has 1 heterocycles. The first-order chi connectivity index (χ1) is 11.0. The fraction of sp³-hybridized carbons (Fsp3) is 0.769.